The van der Waals surface area contributed by atoms with Crippen LogP contribution in [0.4, 0.5) is 5.00 Å². The zero-order valence-corrected chi connectivity index (χ0v) is 22.6. The number of nitrogens with zero attached hydrogens (tertiary/aromatic N) is 2. The van der Waals surface area contributed by atoms with Crippen LogP contribution in [0.2, 0.25) is 5.02 Å². The molecule has 0 saturated heterocycles. The highest BCUT2D eigenvalue weighted by Gasteiger charge is 2.23. The van der Waals surface area contributed by atoms with Gasteiger partial charge in [-0.15, -0.1) is 11.3 Å². The van der Waals surface area contributed by atoms with Gasteiger partial charge in [0.15, 0.2) is 11.5 Å². The number of rotatable bonds is 9. The molecule has 1 aromatic heterocycles. The molecule has 0 unspecified atom stereocenters. The monoisotopic (exact) mass is 561 g/mol. The second-order valence-corrected chi connectivity index (χ2v) is 10.2. The van der Waals surface area contributed by atoms with Gasteiger partial charge in [-0.25, -0.2) is 4.79 Å². The van der Waals surface area contributed by atoms with Crippen molar-refractivity contribution < 1.29 is 24.2 Å². The predicted octanol–water partition coefficient (Wildman–Crippen LogP) is 6.37. The van der Waals surface area contributed by atoms with Crippen LogP contribution >= 0.6 is 22.9 Å². The van der Waals surface area contributed by atoms with E-state index in [0.29, 0.717) is 28.5 Å². The summed E-state index contributed by atoms with van der Waals surface area (Å²) in [6.45, 7) is 2.23. The molecule has 1 heterocycles. The molecule has 0 fully saturated rings. The number of ether oxygens (including phenoxy) is 2. The van der Waals surface area contributed by atoms with E-state index in [9.17, 15) is 20.1 Å². The Labute approximate surface area is 234 Å². The number of nitrogens with one attached hydrogen (secondary N) is 1. The van der Waals surface area contributed by atoms with Gasteiger partial charge < -0.3 is 19.9 Å². The van der Waals surface area contributed by atoms with Crippen LogP contribution in [0, 0.1) is 22.7 Å². The first-order valence-corrected chi connectivity index (χ1v) is 13.4. The summed E-state index contributed by atoms with van der Waals surface area (Å²) in [5.41, 5.74) is 2.67. The number of aryl methyl sites for hydroxylation is 1. The number of nitriles is 2. The molecular weight excluding hydrogens is 538 g/mol. The molecule has 2 N–H and O–H groups in total. The Morgan fingerprint density at radius 2 is 1.90 bits per heavy atom. The lowest BCUT2D eigenvalue weighted by atomic mass is 9.96. The molecule has 0 saturated carbocycles. The average molecular weight is 562 g/mol. The predicted molar refractivity (Wildman–Crippen MR) is 148 cm³/mol. The van der Waals surface area contributed by atoms with Gasteiger partial charge in [-0.3, -0.25) is 4.79 Å². The number of anilines is 1. The Bertz CT molecular complexity index is 1530. The minimum absolute atomic E-state index is 0.118. The molecule has 198 valence electrons. The molecule has 8 nitrogen and oxygen atoms in total. The van der Waals surface area contributed by atoms with Crippen LogP contribution in [0.5, 0.6) is 11.5 Å². The highest BCUT2D eigenvalue weighted by atomic mass is 35.5. The molecule has 0 radical (unpaired) electrons. The van der Waals surface area contributed by atoms with Crippen molar-refractivity contribution in [2.24, 2.45) is 0 Å². The molecule has 2 aromatic carbocycles. The first-order chi connectivity index (χ1) is 18.8. The van der Waals surface area contributed by atoms with Crippen molar-refractivity contribution in [2.75, 3.05) is 11.9 Å². The van der Waals surface area contributed by atoms with Crippen molar-refractivity contribution in [3.05, 3.63) is 79.7 Å². The fourth-order valence-electron chi connectivity index (χ4n) is 4.23. The first kappa shape index (κ1) is 27.7. The number of carboxylic acids is 1. The second kappa shape index (κ2) is 12.5. The summed E-state index contributed by atoms with van der Waals surface area (Å²) in [6.07, 6.45) is 5.15. The van der Waals surface area contributed by atoms with Gasteiger partial charge in [-0.2, -0.15) is 10.5 Å². The number of carboxylic acid groups (broad SMARTS) is 1. The fourth-order valence-corrected chi connectivity index (χ4v) is 5.74. The Kier molecular flexibility index (Phi) is 8.88. The number of fused-ring (bicyclic) bond motifs is 1. The number of amides is 1. The average Bonchev–Trinajstić information content (AvgIpc) is 3.28. The minimum Gasteiger partial charge on any atom is -0.490 e. The van der Waals surface area contributed by atoms with Gasteiger partial charge in [0.2, 0.25) is 0 Å². The molecule has 4 rings (SSSR count). The lowest BCUT2D eigenvalue weighted by Gasteiger charge is -2.15. The van der Waals surface area contributed by atoms with E-state index >= 15 is 0 Å². The van der Waals surface area contributed by atoms with E-state index in [1.807, 2.05) is 6.07 Å². The number of hydrogen-bond acceptors (Lipinski definition) is 7. The molecule has 1 amide bonds. The van der Waals surface area contributed by atoms with Crippen LogP contribution in [-0.4, -0.2) is 23.6 Å². The Hall–Kier alpha value is -4.31. The normalized spacial score (nSPS) is 12.6. The van der Waals surface area contributed by atoms with E-state index in [4.69, 9.17) is 26.2 Å². The third-order valence-corrected chi connectivity index (χ3v) is 7.59. The summed E-state index contributed by atoms with van der Waals surface area (Å²) in [4.78, 5) is 25.2. The maximum atomic E-state index is 13.0. The maximum Gasteiger partial charge on any atom is 0.335 e. The standard InChI is InChI=1S/C29H24ClN3O5S/c1-2-37-24-13-18(12-23(30)26(24)38-16-17-7-9-19(10-8-17)29(35)36)11-20(14-31)27(34)33-28-22(15-32)21-5-3-4-6-25(21)39-28/h7-13H,2-6,16H2,1H3,(H,33,34)(H,35,36)/b20-11+. The summed E-state index contributed by atoms with van der Waals surface area (Å²) in [6, 6.07) is 13.6. The topological polar surface area (TPSA) is 132 Å². The molecule has 1 aliphatic carbocycles. The number of carbonyl (C=O) groups excluding carboxylic acids is 1. The highest BCUT2D eigenvalue weighted by Crippen LogP contribution is 2.39. The van der Waals surface area contributed by atoms with Crippen LogP contribution in [0.15, 0.2) is 42.0 Å². The lowest BCUT2D eigenvalue weighted by Crippen LogP contribution is -2.13. The molecule has 3 aromatic rings. The van der Waals surface area contributed by atoms with Gasteiger partial charge in [0.25, 0.3) is 5.91 Å². The number of aromatic carboxylic acids is 1. The van der Waals surface area contributed by atoms with E-state index in [1.165, 1.54) is 29.5 Å². The summed E-state index contributed by atoms with van der Waals surface area (Å²) < 4.78 is 11.6. The van der Waals surface area contributed by atoms with Crippen LogP contribution in [0.25, 0.3) is 6.08 Å². The molecule has 0 atom stereocenters. The van der Waals surface area contributed by atoms with E-state index in [0.717, 1.165) is 41.7 Å². The second-order valence-electron chi connectivity index (χ2n) is 8.70. The van der Waals surface area contributed by atoms with Crippen molar-refractivity contribution in [1.82, 2.24) is 0 Å². The first-order valence-electron chi connectivity index (χ1n) is 12.2. The maximum absolute atomic E-state index is 13.0. The smallest absolute Gasteiger partial charge is 0.335 e. The van der Waals surface area contributed by atoms with Gasteiger partial charge >= 0.3 is 5.97 Å². The molecule has 10 heteroatoms. The fraction of sp³-hybridized carbons (Fsp3) is 0.241. The number of halogens is 1. The van der Waals surface area contributed by atoms with E-state index in [-0.39, 0.29) is 28.5 Å². The summed E-state index contributed by atoms with van der Waals surface area (Å²) in [7, 11) is 0. The van der Waals surface area contributed by atoms with Crippen LogP contribution in [0.1, 0.15) is 57.3 Å². The minimum atomic E-state index is -1.02. The van der Waals surface area contributed by atoms with Crippen molar-refractivity contribution in [3.63, 3.8) is 0 Å². The van der Waals surface area contributed by atoms with E-state index in [1.54, 1.807) is 31.2 Å². The molecule has 0 bridgehead atoms. The largest absolute Gasteiger partial charge is 0.490 e. The van der Waals surface area contributed by atoms with Gasteiger partial charge in [0.1, 0.15) is 29.3 Å². The Morgan fingerprint density at radius 1 is 1.15 bits per heavy atom. The number of carbonyl (C=O) groups is 2. The van der Waals surface area contributed by atoms with Crippen LogP contribution in [-0.2, 0) is 24.2 Å². The van der Waals surface area contributed by atoms with Gasteiger partial charge in [-0.1, -0.05) is 23.7 Å². The zero-order valence-electron chi connectivity index (χ0n) is 21.0. The third kappa shape index (κ3) is 6.40. The quantitative estimate of drug-likeness (QED) is 0.229. The highest BCUT2D eigenvalue weighted by molar-refractivity contribution is 7.16. The van der Waals surface area contributed by atoms with Crippen LogP contribution in [0.3, 0.4) is 0 Å². The van der Waals surface area contributed by atoms with Crippen molar-refractivity contribution in [2.45, 2.75) is 39.2 Å². The zero-order chi connectivity index (χ0) is 27.9. The number of thiophene rings is 1. The molecule has 1 aliphatic rings. The number of hydrogen-bond donors (Lipinski definition) is 2. The SMILES string of the molecule is CCOc1cc(/C=C(\C#N)C(=O)Nc2sc3c(c2C#N)CCCC3)cc(Cl)c1OCc1ccc(C(=O)O)cc1. The van der Waals surface area contributed by atoms with Gasteiger partial charge in [-0.05, 0) is 79.6 Å². The third-order valence-electron chi connectivity index (χ3n) is 6.10. The van der Waals surface area contributed by atoms with E-state index in [2.05, 4.69) is 11.4 Å². The Morgan fingerprint density at radius 3 is 2.56 bits per heavy atom. The van der Waals surface area contributed by atoms with Crippen molar-refractivity contribution in [3.8, 4) is 23.6 Å². The molecule has 0 aliphatic heterocycles. The van der Waals surface area contributed by atoms with Gasteiger partial charge in [0.05, 0.1) is 22.8 Å². The van der Waals surface area contributed by atoms with E-state index < -0.39 is 11.9 Å². The van der Waals surface area contributed by atoms with Gasteiger partial charge in [0, 0.05) is 4.88 Å². The summed E-state index contributed by atoms with van der Waals surface area (Å²) in [5, 5.41) is 31.9. The Balaban J connectivity index is 1.55. The summed E-state index contributed by atoms with van der Waals surface area (Å²) in [5.74, 6) is -1.03. The summed E-state index contributed by atoms with van der Waals surface area (Å²) >= 11 is 7.90. The van der Waals surface area contributed by atoms with Crippen molar-refractivity contribution in [1.29, 1.82) is 10.5 Å². The molecule has 39 heavy (non-hydrogen) atoms. The molecule has 0 spiro atoms. The van der Waals surface area contributed by atoms with Crippen molar-refractivity contribution >= 4 is 45.9 Å². The lowest BCUT2D eigenvalue weighted by molar-refractivity contribution is -0.112. The van der Waals surface area contributed by atoms with Crippen LogP contribution < -0.4 is 14.8 Å². The molecular formula is C29H24ClN3O5S. The number of benzene rings is 2.